The van der Waals surface area contributed by atoms with Crippen LogP contribution in [0.4, 0.5) is 18.0 Å². The number of amides is 1. The first-order valence-electron chi connectivity index (χ1n) is 6.57. The molecule has 116 valence electrons. The highest BCUT2D eigenvalue weighted by molar-refractivity contribution is 5.70. The topological polar surface area (TPSA) is 38.3 Å². The Bertz CT molecular complexity index is 624. The minimum Gasteiger partial charge on any atom is -0.410 e. The molecule has 6 heteroatoms. The first-order valence-corrected chi connectivity index (χ1v) is 6.57. The van der Waals surface area contributed by atoms with Crippen LogP contribution < -0.4 is 10.1 Å². The lowest BCUT2D eigenvalue weighted by Crippen LogP contribution is -2.29. The molecule has 2 rings (SSSR count). The third kappa shape index (κ3) is 4.25. The molecule has 0 aliphatic carbocycles. The molecule has 0 aliphatic rings. The summed E-state index contributed by atoms with van der Waals surface area (Å²) in [5.41, 5.74) is 0.102. The van der Waals surface area contributed by atoms with Crippen LogP contribution in [-0.2, 0) is 6.18 Å². The van der Waals surface area contributed by atoms with Crippen LogP contribution in [-0.4, -0.2) is 6.09 Å². The van der Waals surface area contributed by atoms with Gasteiger partial charge in [0.15, 0.2) is 0 Å². The van der Waals surface area contributed by atoms with Gasteiger partial charge in [-0.3, -0.25) is 0 Å². The molecule has 0 saturated carbocycles. The molecule has 1 atom stereocenters. The number of nitrogens with one attached hydrogen (secondary N) is 1. The fraction of sp³-hybridized carbons (Fsp3) is 0.188. The van der Waals surface area contributed by atoms with Crippen LogP contribution in [0.15, 0.2) is 54.6 Å². The highest BCUT2D eigenvalue weighted by Gasteiger charge is 2.30. The Labute approximate surface area is 125 Å². The van der Waals surface area contributed by atoms with E-state index in [-0.39, 0.29) is 11.8 Å². The first-order chi connectivity index (χ1) is 10.4. The molecule has 3 nitrogen and oxygen atoms in total. The normalized spacial score (nSPS) is 12.5. The van der Waals surface area contributed by atoms with Crippen molar-refractivity contribution in [1.29, 1.82) is 0 Å². The molecule has 2 aromatic carbocycles. The van der Waals surface area contributed by atoms with Gasteiger partial charge in [0.1, 0.15) is 5.75 Å². The third-order valence-corrected chi connectivity index (χ3v) is 3.03. The maximum Gasteiger partial charge on any atom is 0.416 e. The van der Waals surface area contributed by atoms with Gasteiger partial charge in [0.05, 0.1) is 11.6 Å². The summed E-state index contributed by atoms with van der Waals surface area (Å²) in [5.74, 6) is 0.0470. The Morgan fingerprint density at radius 1 is 1.05 bits per heavy atom. The van der Waals surface area contributed by atoms with Gasteiger partial charge in [0.25, 0.3) is 0 Å². The summed E-state index contributed by atoms with van der Waals surface area (Å²) in [7, 11) is 0. The second-order valence-corrected chi connectivity index (χ2v) is 4.69. The molecular weight excluding hydrogens is 295 g/mol. The molecule has 1 amide bonds. The van der Waals surface area contributed by atoms with Crippen LogP contribution in [0.1, 0.15) is 24.1 Å². The van der Waals surface area contributed by atoms with Crippen molar-refractivity contribution in [3.05, 3.63) is 65.7 Å². The lowest BCUT2D eigenvalue weighted by molar-refractivity contribution is -0.137. The summed E-state index contributed by atoms with van der Waals surface area (Å²) in [6, 6.07) is 12.9. The molecule has 0 fully saturated rings. The van der Waals surface area contributed by atoms with Crippen molar-refractivity contribution in [1.82, 2.24) is 5.32 Å². The van der Waals surface area contributed by atoms with E-state index in [4.69, 9.17) is 4.74 Å². The average molecular weight is 309 g/mol. The predicted molar refractivity (Wildman–Crippen MR) is 75.5 cm³/mol. The summed E-state index contributed by atoms with van der Waals surface area (Å²) in [6.07, 6.45) is -5.14. The summed E-state index contributed by atoms with van der Waals surface area (Å²) < 4.78 is 42.2. The molecule has 0 radical (unpaired) electrons. The maximum atomic E-state index is 12.4. The van der Waals surface area contributed by atoms with E-state index in [1.54, 1.807) is 6.92 Å². The zero-order valence-electron chi connectivity index (χ0n) is 11.7. The predicted octanol–water partition coefficient (Wildman–Crippen LogP) is 4.56. The number of rotatable bonds is 3. The molecule has 0 saturated heterocycles. The Balaban J connectivity index is 1.95. The first kappa shape index (κ1) is 15.9. The van der Waals surface area contributed by atoms with Crippen LogP contribution >= 0.6 is 0 Å². The van der Waals surface area contributed by atoms with Gasteiger partial charge in [0.2, 0.25) is 0 Å². The smallest absolute Gasteiger partial charge is 0.410 e. The summed E-state index contributed by atoms with van der Waals surface area (Å²) >= 11 is 0. The van der Waals surface area contributed by atoms with Gasteiger partial charge >= 0.3 is 12.3 Å². The number of hydrogen-bond donors (Lipinski definition) is 1. The van der Waals surface area contributed by atoms with Crippen molar-refractivity contribution in [2.45, 2.75) is 19.1 Å². The maximum absolute atomic E-state index is 12.4. The van der Waals surface area contributed by atoms with Gasteiger partial charge in [-0.1, -0.05) is 30.3 Å². The van der Waals surface area contributed by atoms with Gasteiger partial charge < -0.3 is 10.1 Å². The van der Waals surface area contributed by atoms with E-state index in [2.05, 4.69) is 5.32 Å². The number of hydrogen-bond acceptors (Lipinski definition) is 2. The monoisotopic (exact) mass is 309 g/mol. The molecular formula is C16H14F3NO2. The van der Waals surface area contributed by atoms with E-state index in [9.17, 15) is 18.0 Å². The zero-order chi connectivity index (χ0) is 16.2. The SMILES string of the molecule is C[C@H](NC(=O)Oc1ccc(C(F)(F)F)cc1)c1ccccc1. The van der Waals surface area contributed by atoms with Crippen LogP contribution in [0, 0.1) is 0 Å². The van der Waals surface area contributed by atoms with E-state index in [0.29, 0.717) is 0 Å². The van der Waals surface area contributed by atoms with Gasteiger partial charge in [0, 0.05) is 0 Å². The number of ether oxygens (including phenoxy) is 1. The number of alkyl halides is 3. The third-order valence-electron chi connectivity index (χ3n) is 3.03. The minimum atomic E-state index is -4.41. The summed E-state index contributed by atoms with van der Waals surface area (Å²) in [4.78, 5) is 11.7. The van der Waals surface area contributed by atoms with Crippen molar-refractivity contribution >= 4 is 6.09 Å². The molecule has 0 heterocycles. The van der Waals surface area contributed by atoms with Crippen LogP contribution in [0.2, 0.25) is 0 Å². The molecule has 22 heavy (non-hydrogen) atoms. The van der Waals surface area contributed by atoms with E-state index in [1.165, 1.54) is 0 Å². The number of halogens is 3. The fourth-order valence-electron chi connectivity index (χ4n) is 1.85. The molecule has 0 unspecified atom stereocenters. The van der Waals surface area contributed by atoms with Gasteiger partial charge in [-0.25, -0.2) is 4.79 Å². The van der Waals surface area contributed by atoms with E-state index >= 15 is 0 Å². The Morgan fingerprint density at radius 2 is 1.64 bits per heavy atom. The summed E-state index contributed by atoms with van der Waals surface area (Å²) in [5, 5.41) is 2.61. The molecule has 0 bridgehead atoms. The van der Waals surface area contributed by atoms with Crippen LogP contribution in [0.25, 0.3) is 0 Å². The molecule has 0 aliphatic heterocycles. The average Bonchev–Trinajstić information content (AvgIpc) is 2.47. The molecule has 1 N–H and O–H groups in total. The zero-order valence-corrected chi connectivity index (χ0v) is 11.7. The summed E-state index contributed by atoms with van der Waals surface area (Å²) in [6.45, 7) is 1.78. The van der Waals surface area contributed by atoms with Crippen LogP contribution in [0.5, 0.6) is 5.75 Å². The van der Waals surface area contributed by atoms with Crippen molar-refractivity contribution < 1.29 is 22.7 Å². The second-order valence-electron chi connectivity index (χ2n) is 4.69. The number of benzene rings is 2. The van der Waals surface area contributed by atoms with Gasteiger partial charge in [-0.05, 0) is 36.8 Å². The van der Waals surface area contributed by atoms with Crippen molar-refractivity contribution in [3.8, 4) is 5.75 Å². The van der Waals surface area contributed by atoms with Gasteiger partial charge in [-0.2, -0.15) is 13.2 Å². The molecule has 0 aromatic heterocycles. The Morgan fingerprint density at radius 3 is 2.18 bits per heavy atom. The fourth-order valence-corrected chi connectivity index (χ4v) is 1.85. The quantitative estimate of drug-likeness (QED) is 0.903. The standard InChI is InChI=1S/C16H14F3NO2/c1-11(12-5-3-2-4-6-12)20-15(21)22-14-9-7-13(8-10-14)16(17,18)19/h2-11H,1H3,(H,20,21)/t11-/m0/s1. The van der Waals surface area contributed by atoms with E-state index < -0.39 is 17.8 Å². The lowest BCUT2D eigenvalue weighted by Gasteiger charge is -2.14. The number of carbonyl (C=O) groups is 1. The highest BCUT2D eigenvalue weighted by atomic mass is 19.4. The molecule has 2 aromatic rings. The Kier molecular flexibility index (Phi) is 4.70. The van der Waals surface area contributed by atoms with Crippen LogP contribution in [0.3, 0.4) is 0 Å². The van der Waals surface area contributed by atoms with Crippen molar-refractivity contribution in [2.24, 2.45) is 0 Å². The molecule has 0 spiro atoms. The van der Waals surface area contributed by atoms with Gasteiger partial charge in [-0.15, -0.1) is 0 Å². The van der Waals surface area contributed by atoms with E-state index in [0.717, 1.165) is 29.8 Å². The highest BCUT2D eigenvalue weighted by Crippen LogP contribution is 2.30. The second kappa shape index (κ2) is 6.51. The van der Waals surface area contributed by atoms with Crippen molar-refractivity contribution in [2.75, 3.05) is 0 Å². The van der Waals surface area contributed by atoms with Crippen molar-refractivity contribution in [3.63, 3.8) is 0 Å². The lowest BCUT2D eigenvalue weighted by atomic mass is 10.1. The number of carbonyl (C=O) groups excluding carboxylic acids is 1. The minimum absolute atomic E-state index is 0.0470. The Hall–Kier alpha value is -2.50. The largest absolute Gasteiger partial charge is 0.416 e. The van der Waals surface area contributed by atoms with E-state index in [1.807, 2.05) is 30.3 Å².